The number of hydrogen-bond donors (Lipinski definition) is 2. The van der Waals surface area contributed by atoms with Gasteiger partial charge in [0.25, 0.3) is 0 Å². The summed E-state index contributed by atoms with van der Waals surface area (Å²) in [6.45, 7) is 1.39. The lowest BCUT2D eigenvalue weighted by molar-refractivity contribution is -0.132. The van der Waals surface area contributed by atoms with E-state index in [0.29, 0.717) is 6.54 Å². The highest BCUT2D eigenvalue weighted by Crippen LogP contribution is 2.27. The summed E-state index contributed by atoms with van der Waals surface area (Å²) in [5.74, 6) is 0.0454. The molecule has 22 heavy (non-hydrogen) atoms. The fourth-order valence-corrected chi connectivity index (χ4v) is 4.32. The second-order valence-electron chi connectivity index (χ2n) is 5.22. The first-order valence-corrected chi connectivity index (χ1v) is 8.82. The van der Waals surface area contributed by atoms with E-state index in [-0.39, 0.29) is 18.4 Å². The monoisotopic (exact) mass is 335 g/mol. The van der Waals surface area contributed by atoms with E-state index in [2.05, 4.69) is 16.8 Å². The topological polar surface area (TPSA) is 75.4 Å². The second-order valence-corrected chi connectivity index (χ2v) is 7.19. The zero-order valence-corrected chi connectivity index (χ0v) is 13.6. The molecule has 0 aliphatic carbocycles. The van der Waals surface area contributed by atoms with Crippen molar-refractivity contribution in [3.8, 4) is 0 Å². The van der Waals surface area contributed by atoms with Gasteiger partial charge in [-0.3, -0.25) is 4.79 Å². The second kappa shape index (κ2) is 6.50. The maximum atomic E-state index is 12.6. The number of nitrogens with two attached hydrogens (primary N) is 1. The Morgan fingerprint density at radius 3 is 2.91 bits per heavy atom. The SMILES string of the molecule is NC(=O)NC(CC(=O)N1CCc2sccc2C1)c1cccs1. The molecule has 1 unspecified atom stereocenters. The van der Waals surface area contributed by atoms with Gasteiger partial charge in [-0.25, -0.2) is 4.79 Å². The third-order valence-electron chi connectivity index (χ3n) is 3.74. The van der Waals surface area contributed by atoms with Crippen molar-refractivity contribution in [1.29, 1.82) is 0 Å². The van der Waals surface area contributed by atoms with Crippen molar-refractivity contribution in [2.45, 2.75) is 25.4 Å². The van der Waals surface area contributed by atoms with Crippen molar-refractivity contribution in [1.82, 2.24) is 10.2 Å². The Hall–Kier alpha value is -1.86. The van der Waals surface area contributed by atoms with Crippen LogP contribution in [0.3, 0.4) is 0 Å². The molecule has 1 atom stereocenters. The fourth-order valence-electron chi connectivity index (χ4n) is 2.65. The molecular weight excluding hydrogens is 318 g/mol. The normalized spacial score (nSPS) is 15.2. The van der Waals surface area contributed by atoms with Gasteiger partial charge >= 0.3 is 6.03 Å². The predicted molar refractivity (Wildman–Crippen MR) is 87.8 cm³/mol. The number of rotatable bonds is 4. The highest BCUT2D eigenvalue weighted by Gasteiger charge is 2.25. The van der Waals surface area contributed by atoms with E-state index in [4.69, 9.17) is 5.73 Å². The smallest absolute Gasteiger partial charge is 0.312 e. The van der Waals surface area contributed by atoms with Gasteiger partial charge in [-0.05, 0) is 34.9 Å². The fraction of sp³-hybridized carbons (Fsp3) is 0.333. The van der Waals surface area contributed by atoms with Crippen molar-refractivity contribution >= 4 is 34.6 Å². The molecule has 0 spiro atoms. The number of nitrogens with one attached hydrogen (secondary N) is 1. The average molecular weight is 335 g/mol. The summed E-state index contributed by atoms with van der Waals surface area (Å²) in [7, 11) is 0. The van der Waals surface area contributed by atoms with Crippen LogP contribution >= 0.6 is 22.7 Å². The zero-order valence-electron chi connectivity index (χ0n) is 12.0. The first kappa shape index (κ1) is 15.1. The Labute approximate surface area is 136 Å². The molecule has 5 nitrogen and oxygen atoms in total. The van der Waals surface area contributed by atoms with Gasteiger partial charge in [0, 0.05) is 22.8 Å². The van der Waals surface area contributed by atoms with Gasteiger partial charge in [0.15, 0.2) is 0 Å². The summed E-state index contributed by atoms with van der Waals surface area (Å²) in [4.78, 5) is 27.9. The van der Waals surface area contributed by atoms with Gasteiger partial charge in [-0.1, -0.05) is 6.07 Å². The van der Waals surface area contributed by atoms with Gasteiger partial charge in [-0.2, -0.15) is 0 Å². The van der Waals surface area contributed by atoms with E-state index in [1.165, 1.54) is 21.8 Å². The largest absolute Gasteiger partial charge is 0.352 e. The summed E-state index contributed by atoms with van der Waals surface area (Å²) < 4.78 is 0. The predicted octanol–water partition coefficient (Wildman–Crippen LogP) is 2.49. The van der Waals surface area contributed by atoms with Gasteiger partial charge in [-0.15, -0.1) is 22.7 Å². The summed E-state index contributed by atoms with van der Waals surface area (Å²) in [5.41, 5.74) is 6.47. The third kappa shape index (κ3) is 3.31. The van der Waals surface area contributed by atoms with Gasteiger partial charge in [0.05, 0.1) is 12.5 Å². The molecule has 3 amide bonds. The van der Waals surface area contributed by atoms with Crippen LogP contribution in [0.25, 0.3) is 0 Å². The van der Waals surface area contributed by atoms with Crippen LogP contribution in [0, 0.1) is 0 Å². The highest BCUT2D eigenvalue weighted by molar-refractivity contribution is 7.10. The Balaban J connectivity index is 1.68. The Morgan fingerprint density at radius 1 is 1.32 bits per heavy atom. The number of primary amides is 1. The van der Waals surface area contributed by atoms with Crippen molar-refractivity contribution in [2.24, 2.45) is 5.73 Å². The molecule has 2 aromatic heterocycles. The molecule has 3 rings (SSSR count). The number of urea groups is 1. The van der Waals surface area contributed by atoms with E-state index in [9.17, 15) is 9.59 Å². The van der Waals surface area contributed by atoms with Gasteiger partial charge < -0.3 is 16.0 Å². The molecule has 3 N–H and O–H groups in total. The maximum absolute atomic E-state index is 12.6. The van der Waals surface area contributed by atoms with Crippen molar-refractivity contribution in [2.75, 3.05) is 6.54 Å². The molecule has 3 heterocycles. The molecule has 0 aromatic carbocycles. The van der Waals surface area contributed by atoms with E-state index in [1.807, 2.05) is 22.4 Å². The highest BCUT2D eigenvalue weighted by atomic mass is 32.1. The lowest BCUT2D eigenvalue weighted by Crippen LogP contribution is -2.39. The summed E-state index contributed by atoms with van der Waals surface area (Å²) in [5, 5.41) is 6.67. The first-order valence-electron chi connectivity index (χ1n) is 7.06. The number of hydrogen-bond acceptors (Lipinski definition) is 4. The average Bonchev–Trinajstić information content (AvgIpc) is 3.16. The van der Waals surface area contributed by atoms with Crippen LogP contribution in [0.1, 0.15) is 27.8 Å². The minimum Gasteiger partial charge on any atom is -0.352 e. The minimum absolute atomic E-state index is 0.0454. The van der Waals surface area contributed by atoms with Gasteiger partial charge in [0.1, 0.15) is 0 Å². The van der Waals surface area contributed by atoms with E-state index >= 15 is 0 Å². The Morgan fingerprint density at radius 2 is 2.18 bits per heavy atom. The van der Waals surface area contributed by atoms with Crippen LogP contribution in [0.15, 0.2) is 29.0 Å². The number of amides is 3. The van der Waals surface area contributed by atoms with E-state index in [1.54, 1.807) is 11.3 Å². The lowest BCUT2D eigenvalue weighted by atomic mass is 10.1. The molecule has 0 saturated heterocycles. The summed E-state index contributed by atoms with van der Waals surface area (Å²) in [6, 6.07) is 4.93. The van der Waals surface area contributed by atoms with Gasteiger partial charge in [0.2, 0.25) is 5.91 Å². The molecule has 116 valence electrons. The lowest BCUT2D eigenvalue weighted by Gasteiger charge is -2.28. The van der Waals surface area contributed by atoms with E-state index < -0.39 is 6.03 Å². The van der Waals surface area contributed by atoms with Crippen molar-refractivity contribution in [3.05, 3.63) is 44.3 Å². The first-order chi connectivity index (χ1) is 10.6. The zero-order chi connectivity index (χ0) is 15.5. The molecule has 2 aromatic rings. The number of nitrogens with zero attached hydrogens (tertiary/aromatic N) is 1. The van der Waals surface area contributed by atoms with Crippen LogP contribution in [0.2, 0.25) is 0 Å². The minimum atomic E-state index is -0.607. The molecule has 0 radical (unpaired) electrons. The molecule has 0 fully saturated rings. The van der Waals surface area contributed by atoms with Crippen LogP contribution in [-0.4, -0.2) is 23.4 Å². The summed E-state index contributed by atoms with van der Waals surface area (Å²) in [6.07, 6.45) is 1.15. The maximum Gasteiger partial charge on any atom is 0.312 e. The van der Waals surface area contributed by atoms with Crippen LogP contribution in [0.5, 0.6) is 0 Å². The quantitative estimate of drug-likeness (QED) is 0.901. The molecular formula is C15H17N3O2S2. The number of thiophene rings is 2. The number of carbonyl (C=O) groups excluding carboxylic acids is 2. The Bertz CT molecular complexity index is 666. The molecule has 7 heteroatoms. The number of carbonyl (C=O) groups is 2. The standard InChI is InChI=1S/C15H17N3O2S2/c16-15(20)17-11(13-2-1-6-21-13)8-14(19)18-5-3-12-10(9-18)4-7-22-12/h1-2,4,6-7,11H,3,5,8-9H2,(H3,16,17,20). The van der Waals surface area contributed by atoms with Crippen molar-refractivity contribution in [3.63, 3.8) is 0 Å². The summed E-state index contributed by atoms with van der Waals surface area (Å²) >= 11 is 3.26. The third-order valence-corrected chi connectivity index (χ3v) is 5.75. The molecule has 1 aliphatic heterocycles. The Kier molecular flexibility index (Phi) is 4.44. The van der Waals surface area contributed by atoms with Crippen LogP contribution in [-0.2, 0) is 17.8 Å². The van der Waals surface area contributed by atoms with Crippen LogP contribution < -0.4 is 11.1 Å². The molecule has 1 aliphatic rings. The molecule has 0 bridgehead atoms. The number of fused-ring (bicyclic) bond motifs is 1. The van der Waals surface area contributed by atoms with Crippen molar-refractivity contribution < 1.29 is 9.59 Å². The molecule has 0 saturated carbocycles. The van der Waals surface area contributed by atoms with E-state index in [0.717, 1.165) is 17.8 Å². The van der Waals surface area contributed by atoms with Crippen LogP contribution in [0.4, 0.5) is 4.79 Å².